The second-order valence-corrected chi connectivity index (χ2v) is 16.5. The van der Waals surface area contributed by atoms with Gasteiger partial charge in [-0.3, -0.25) is 9.59 Å². The van der Waals surface area contributed by atoms with Crippen LogP contribution in [-0.4, -0.2) is 68.3 Å². The minimum atomic E-state index is -3.96. The molecule has 0 bridgehead atoms. The number of piperidine rings is 1. The summed E-state index contributed by atoms with van der Waals surface area (Å²) in [7, 11) is 0.508. The van der Waals surface area contributed by atoms with Crippen molar-refractivity contribution in [2.75, 3.05) is 34.3 Å². The van der Waals surface area contributed by atoms with Crippen molar-refractivity contribution in [2.45, 2.75) is 77.2 Å². The van der Waals surface area contributed by atoms with Gasteiger partial charge >= 0.3 is 10.2 Å². The summed E-state index contributed by atoms with van der Waals surface area (Å²) >= 11 is 0. The van der Waals surface area contributed by atoms with Crippen molar-refractivity contribution in [3.05, 3.63) is 53.1 Å². The zero-order valence-electron chi connectivity index (χ0n) is 27.6. The number of benzene rings is 2. The van der Waals surface area contributed by atoms with Gasteiger partial charge < -0.3 is 14.2 Å². The number of ether oxygens (including phenoxy) is 1. The van der Waals surface area contributed by atoms with Crippen LogP contribution in [0.25, 0.3) is 22.2 Å². The number of rotatable bonds is 6. The molecule has 1 saturated heterocycles. The molecule has 2 saturated carbocycles. The van der Waals surface area contributed by atoms with Crippen LogP contribution in [0.4, 0.5) is 0 Å². The topological polar surface area (TPSA) is 101 Å². The van der Waals surface area contributed by atoms with Gasteiger partial charge in [0.1, 0.15) is 5.75 Å². The molecule has 2 aliphatic carbocycles. The molecule has 1 N–H and O–H groups in total. The second-order valence-electron chi connectivity index (χ2n) is 14.7. The van der Waals surface area contributed by atoms with E-state index in [0.29, 0.717) is 24.3 Å². The summed E-state index contributed by atoms with van der Waals surface area (Å²) in [6, 6.07) is 11.9. The zero-order chi connectivity index (χ0) is 32.5. The van der Waals surface area contributed by atoms with E-state index < -0.39 is 21.5 Å². The third kappa shape index (κ3) is 5.12. The summed E-state index contributed by atoms with van der Waals surface area (Å²) in [4.78, 5) is 30.2. The number of methoxy groups -OCH3 is 1. The van der Waals surface area contributed by atoms with Gasteiger partial charge in [-0.05, 0) is 84.9 Å². The van der Waals surface area contributed by atoms with Crippen LogP contribution >= 0.6 is 0 Å². The van der Waals surface area contributed by atoms with E-state index in [1.807, 2.05) is 18.2 Å². The fourth-order valence-electron chi connectivity index (χ4n) is 8.83. The Balaban J connectivity index is 1.43. The van der Waals surface area contributed by atoms with Crippen LogP contribution in [0.5, 0.6) is 5.75 Å². The molecule has 4 atom stereocenters. The van der Waals surface area contributed by atoms with Crippen molar-refractivity contribution in [3.63, 3.8) is 0 Å². The van der Waals surface area contributed by atoms with Crippen molar-refractivity contribution < 1.29 is 22.7 Å². The van der Waals surface area contributed by atoms with Gasteiger partial charge in [0.05, 0.1) is 18.2 Å². The minimum absolute atomic E-state index is 0.0727. The molecule has 0 spiro atoms. The summed E-state index contributed by atoms with van der Waals surface area (Å²) in [6.45, 7) is 6.55. The Kier molecular flexibility index (Phi) is 7.74. The van der Waals surface area contributed by atoms with Crippen molar-refractivity contribution in [1.29, 1.82) is 0 Å². The van der Waals surface area contributed by atoms with E-state index in [-0.39, 0.29) is 17.4 Å². The highest BCUT2D eigenvalue weighted by atomic mass is 32.2. The van der Waals surface area contributed by atoms with Gasteiger partial charge in [-0.2, -0.15) is 12.7 Å². The van der Waals surface area contributed by atoms with Gasteiger partial charge in [-0.15, -0.1) is 0 Å². The molecular weight excluding hydrogens is 600 g/mol. The summed E-state index contributed by atoms with van der Waals surface area (Å²) in [5, 5.41) is 1.08. The number of hydrogen-bond donors (Lipinski definition) is 1. The Hall–Kier alpha value is -3.37. The molecule has 0 radical (unpaired) electrons. The highest BCUT2D eigenvalue weighted by Crippen LogP contribution is 2.66. The fourth-order valence-corrected chi connectivity index (χ4v) is 9.37. The third-order valence-electron chi connectivity index (χ3n) is 11.1. The molecule has 46 heavy (non-hydrogen) atoms. The predicted octanol–water partition coefficient (Wildman–Crippen LogP) is 5.89. The number of carbonyl (C=O) groups excluding carboxylic acids is 2. The first-order chi connectivity index (χ1) is 21.9. The van der Waals surface area contributed by atoms with Gasteiger partial charge in [-0.25, -0.2) is 4.72 Å². The van der Waals surface area contributed by atoms with E-state index in [1.54, 1.807) is 13.2 Å². The van der Waals surface area contributed by atoms with Gasteiger partial charge in [0, 0.05) is 61.7 Å². The van der Waals surface area contributed by atoms with Crippen LogP contribution < -0.4 is 9.46 Å². The molecule has 9 nitrogen and oxygen atoms in total. The van der Waals surface area contributed by atoms with Crippen LogP contribution in [0, 0.1) is 17.3 Å². The largest absolute Gasteiger partial charge is 0.497 e. The van der Waals surface area contributed by atoms with E-state index in [0.717, 1.165) is 71.0 Å². The van der Waals surface area contributed by atoms with Crippen molar-refractivity contribution in [1.82, 2.24) is 18.5 Å². The molecule has 7 rings (SSSR count). The Bertz CT molecular complexity index is 1820. The van der Waals surface area contributed by atoms with Crippen LogP contribution in [-0.2, 0) is 21.5 Å². The maximum absolute atomic E-state index is 14.7. The molecule has 3 aromatic rings. The quantitative estimate of drug-likeness (QED) is 0.360. The van der Waals surface area contributed by atoms with Crippen molar-refractivity contribution in [2.24, 2.45) is 17.3 Å². The number of likely N-dealkylation sites (tertiary alicyclic amines) is 1. The molecular formula is C36H46N4O5S. The highest BCUT2D eigenvalue weighted by molar-refractivity contribution is 7.87. The number of carbonyl (C=O) groups is 2. The molecule has 1 aromatic heterocycles. The Labute approximate surface area is 272 Å². The number of nitrogens with one attached hydrogen (secondary N) is 1. The lowest BCUT2D eigenvalue weighted by molar-refractivity contribution is -0.140. The SMILES string of the molecule is COc1ccc2c(c1)C1CC1(C(=O)N1C[C@H](C)C[C@H](C)C1)Cn1c-2c(C2CCCCC2)c2ccc(C(=O)NS(=O)(=O)N(C)C)cc21. The summed E-state index contributed by atoms with van der Waals surface area (Å²) < 4.78 is 36.3. The Morgan fingerprint density at radius 2 is 1.72 bits per heavy atom. The van der Waals surface area contributed by atoms with Gasteiger partial charge in [0.15, 0.2) is 0 Å². The first-order valence-corrected chi connectivity index (χ1v) is 18.3. The van der Waals surface area contributed by atoms with Crippen molar-refractivity contribution in [3.8, 4) is 17.0 Å². The van der Waals surface area contributed by atoms with Crippen LogP contribution in [0.15, 0.2) is 36.4 Å². The Morgan fingerprint density at radius 1 is 1.00 bits per heavy atom. The lowest BCUT2D eigenvalue weighted by Crippen LogP contribution is -2.47. The number of amides is 2. The van der Waals surface area contributed by atoms with Crippen LogP contribution in [0.3, 0.4) is 0 Å². The van der Waals surface area contributed by atoms with E-state index in [4.69, 9.17) is 4.74 Å². The number of aromatic nitrogens is 1. The standard InChI is InChI=1S/C36H46N4O5S/c1-22-15-23(2)20-39(19-22)35(42)36-18-30(36)29-17-26(45-5)12-14-27(29)33-32(24-9-7-6-8-10-24)28-13-11-25(16-31(28)40(33)21-36)34(41)37-46(43,44)38(3)4/h11-14,16-17,22-24,30H,6-10,15,18-21H2,1-5H3,(H,37,41)/t22-,23+,30?,36?. The summed E-state index contributed by atoms with van der Waals surface area (Å²) in [5.74, 6) is 1.70. The van der Waals surface area contributed by atoms with Crippen LogP contribution in [0.1, 0.15) is 92.1 Å². The first-order valence-electron chi connectivity index (χ1n) is 16.8. The molecule has 2 unspecified atom stereocenters. The van der Waals surface area contributed by atoms with Gasteiger partial charge in [0.2, 0.25) is 5.91 Å². The normalized spacial score (nSPS) is 26.2. The Morgan fingerprint density at radius 3 is 2.39 bits per heavy atom. The molecule has 3 heterocycles. The lowest BCUT2D eigenvalue weighted by Gasteiger charge is -2.37. The smallest absolute Gasteiger partial charge is 0.303 e. The lowest BCUT2D eigenvalue weighted by atomic mass is 9.81. The maximum atomic E-state index is 14.7. The average molecular weight is 647 g/mol. The zero-order valence-corrected chi connectivity index (χ0v) is 28.5. The van der Waals surface area contributed by atoms with E-state index >= 15 is 0 Å². The van der Waals surface area contributed by atoms with E-state index in [2.05, 4.69) is 40.2 Å². The van der Waals surface area contributed by atoms with Gasteiger partial charge in [-0.1, -0.05) is 39.2 Å². The second kappa shape index (κ2) is 11.4. The highest BCUT2D eigenvalue weighted by Gasteiger charge is 2.64. The average Bonchev–Trinajstić information content (AvgIpc) is 3.70. The van der Waals surface area contributed by atoms with E-state index in [9.17, 15) is 18.0 Å². The fraction of sp³-hybridized carbons (Fsp3) is 0.556. The summed E-state index contributed by atoms with van der Waals surface area (Å²) in [5.41, 5.74) is 5.30. The monoisotopic (exact) mass is 646 g/mol. The number of fused-ring (bicyclic) bond motifs is 7. The predicted molar refractivity (Wildman–Crippen MR) is 179 cm³/mol. The molecule has 246 valence electrons. The molecule has 4 aliphatic rings. The minimum Gasteiger partial charge on any atom is -0.497 e. The molecule has 2 aromatic carbocycles. The van der Waals surface area contributed by atoms with Crippen molar-refractivity contribution >= 4 is 32.9 Å². The molecule has 3 fully saturated rings. The molecule has 2 aliphatic heterocycles. The molecule has 10 heteroatoms. The first kappa shape index (κ1) is 31.2. The number of hydrogen-bond acceptors (Lipinski definition) is 5. The maximum Gasteiger partial charge on any atom is 0.303 e. The third-order valence-corrected chi connectivity index (χ3v) is 12.5. The molecule has 2 amide bonds. The summed E-state index contributed by atoms with van der Waals surface area (Å²) in [6.07, 6.45) is 7.67. The van der Waals surface area contributed by atoms with E-state index in [1.165, 1.54) is 44.5 Å². The number of nitrogens with zero attached hydrogens (tertiary/aromatic N) is 3. The van der Waals surface area contributed by atoms with Crippen LogP contribution in [0.2, 0.25) is 0 Å². The van der Waals surface area contributed by atoms with Gasteiger partial charge in [0.25, 0.3) is 5.91 Å².